The van der Waals surface area contributed by atoms with Crippen LogP contribution in [0.4, 0.5) is 0 Å². The van der Waals surface area contributed by atoms with Crippen LogP contribution >= 0.6 is 0 Å². The number of rotatable bonds is 3. The van der Waals surface area contributed by atoms with Gasteiger partial charge in [0.2, 0.25) is 5.91 Å². The van der Waals surface area contributed by atoms with E-state index in [1.807, 2.05) is 23.1 Å². The Morgan fingerprint density at radius 1 is 1.19 bits per heavy atom. The molecule has 0 aliphatic carbocycles. The van der Waals surface area contributed by atoms with Crippen molar-refractivity contribution in [1.29, 1.82) is 5.26 Å². The summed E-state index contributed by atoms with van der Waals surface area (Å²) in [5.74, 6) is 0.0772. The van der Waals surface area contributed by atoms with Crippen molar-refractivity contribution in [3.63, 3.8) is 0 Å². The molecule has 1 atom stereocenters. The van der Waals surface area contributed by atoms with Crippen LogP contribution in [-0.2, 0) is 4.79 Å². The minimum Gasteiger partial charge on any atom is -0.338 e. The van der Waals surface area contributed by atoms with E-state index in [0.29, 0.717) is 11.6 Å². The molecule has 26 heavy (non-hydrogen) atoms. The monoisotopic (exact) mass is 352 g/mol. The summed E-state index contributed by atoms with van der Waals surface area (Å²) in [6.45, 7) is 6.08. The Bertz CT molecular complexity index is 685. The maximum Gasteiger partial charge on any atom is 0.246 e. The normalized spacial score (nSPS) is 22.9. The summed E-state index contributed by atoms with van der Waals surface area (Å²) in [5.41, 5.74) is 1.51. The summed E-state index contributed by atoms with van der Waals surface area (Å²) < 4.78 is 0. The van der Waals surface area contributed by atoms with E-state index in [9.17, 15) is 4.79 Å². The van der Waals surface area contributed by atoms with Crippen LogP contribution in [0.5, 0.6) is 0 Å². The zero-order chi connectivity index (χ0) is 18.4. The van der Waals surface area contributed by atoms with E-state index in [0.717, 1.165) is 51.3 Å². The zero-order valence-corrected chi connectivity index (χ0v) is 15.6. The average molecular weight is 352 g/mol. The molecule has 1 unspecified atom stereocenters. The van der Waals surface area contributed by atoms with Gasteiger partial charge in [0, 0.05) is 51.4 Å². The Hall–Kier alpha value is -2.16. The third-order valence-electron chi connectivity index (χ3n) is 5.45. The van der Waals surface area contributed by atoms with E-state index < -0.39 is 0 Å². The highest BCUT2D eigenvalue weighted by Gasteiger charge is 2.27. The highest BCUT2D eigenvalue weighted by Crippen LogP contribution is 2.18. The van der Waals surface area contributed by atoms with Crippen LogP contribution in [-0.4, -0.2) is 73.0 Å². The van der Waals surface area contributed by atoms with Crippen LogP contribution in [0, 0.1) is 11.3 Å². The molecule has 0 bridgehead atoms. The van der Waals surface area contributed by atoms with Crippen LogP contribution < -0.4 is 0 Å². The summed E-state index contributed by atoms with van der Waals surface area (Å²) in [7, 11) is 2.17. The van der Waals surface area contributed by atoms with Gasteiger partial charge in [-0.3, -0.25) is 9.69 Å². The molecule has 1 amide bonds. The van der Waals surface area contributed by atoms with E-state index in [1.165, 1.54) is 12.8 Å². The predicted molar refractivity (Wildman–Crippen MR) is 103 cm³/mol. The van der Waals surface area contributed by atoms with Gasteiger partial charge in [0.15, 0.2) is 0 Å². The largest absolute Gasteiger partial charge is 0.338 e. The number of amides is 1. The zero-order valence-electron chi connectivity index (χ0n) is 15.6. The first-order valence-corrected chi connectivity index (χ1v) is 9.55. The lowest BCUT2D eigenvalue weighted by molar-refractivity contribution is -0.126. The number of piperazine rings is 1. The lowest BCUT2D eigenvalue weighted by atomic mass is 10.1. The van der Waals surface area contributed by atoms with Crippen molar-refractivity contribution >= 4 is 12.0 Å². The van der Waals surface area contributed by atoms with Gasteiger partial charge in [-0.25, -0.2) is 0 Å². The lowest BCUT2D eigenvalue weighted by Crippen LogP contribution is -2.52. The number of carbonyl (C=O) groups excluding carboxylic acids is 1. The maximum absolute atomic E-state index is 12.7. The van der Waals surface area contributed by atoms with Crippen molar-refractivity contribution < 1.29 is 4.79 Å². The molecule has 0 spiro atoms. The van der Waals surface area contributed by atoms with Crippen LogP contribution in [0.3, 0.4) is 0 Å². The van der Waals surface area contributed by atoms with Gasteiger partial charge in [-0.15, -0.1) is 0 Å². The lowest BCUT2D eigenvalue weighted by Gasteiger charge is -2.39. The smallest absolute Gasteiger partial charge is 0.246 e. The second kappa shape index (κ2) is 8.98. The number of benzene rings is 1. The van der Waals surface area contributed by atoms with Crippen molar-refractivity contribution in [3.8, 4) is 6.07 Å². The van der Waals surface area contributed by atoms with Crippen molar-refractivity contribution in [2.24, 2.45) is 0 Å². The molecule has 2 aliphatic rings. The molecular formula is C21H28N4O. The second-order valence-corrected chi connectivity index (χ2v) is 7.34. The van der Waals surface area contributed by atoms with E-state index in [-0.39, 0.29) is 5.91 Å². The predicted octanol–water partition coefficient (Wildman–Crippen LogP) is 2.20. The standard InChI is InChI=1S/C21H28N4O/c1-23-11-13-24(14-12-23)20-7-2-3-10-25(17-20)21(26)9-8-18-5-4-6-19(15-18)16-22/h4-6,8-9,15,20H,2-3,7,10-14,17H2,1H3/b9-8+. The molecule has 1 aromatic carbocycles. The highest BCUT2D eigenvalue weighted by atomic mass is 16.2. The Balaban J connectivity index is 1.62. The molecule has 3 rings (SSSR count). The second-order valence-electron chi connectivity index (χ2n) is 7.34. The third-order valence-corrected chi connectivity index (χ3v) is 5.45. The quantitative estimate of drug-likeness (QED) is 0.783. The number of nitrogens with zero attached hydrogens (tertiary/aromatic N) is 4. The first-order chi connectivity index (χ1) is 12.7. The molecule has 2 aliphatic heterocycles. The van der Waals surface area contributed by atoms with Crippen LogP contribution in [0.15, 0.2) is 30.3 Å². The number of hydrogen-bond acceptors (Lipinski definition) is 4. The summed E-state index contributed by atoms with van der Waals surface area (Å²) in [6, 6.07) is 9.95. The highest BCUT2D eigenvalue weighted by molar-refractivity contribution is 5.91. The summed E-state index contributed by atoms with van der Waals surface area (Å²) in [5, 5.41) is 8.99. The minimum absolute atomic E-state index is 0.0772. The van der Waals surface area contributed by atoms with Gasteiger partial charge in [-0.2, -0.15) is 5.26 Å². The number of likely N-dealkylation sites (tertiary alicyclic amines) is 1. The van der Waals surface area contributed by atoms with E-state index in [1.54, 1.807) is 18.2 Å². The minimum atomic E-state index is 0.0772. The molecule has 2 heterocycles. The van der Waals surface area contributed by atoms with Crippen LogP contribution in [0.1, 0.15) is 30.4 Å². The fraction of sp³-hybridized carbons (Fsp3) is 0.524. The molecule has 2 fully saturated rings. The molecule has 1 aromatic rings. The number of hydrogen-bond donors (Lipinski definition) is 0. The Labute approximate surface area is 156 Å². The third kappa shape index (κ3) is 4.94. The summed E-state index contributed by atoms with van der Waals surface area (Å²) in [6.07, 6.45) is 6.92. The molecule has 2 saturated heterocycles. The average Bonchev–Trinajstić information content (AvgIpc) is 2.93. The maximum atomic E-state index is 12.7. The van der Waals surface area contributed by atoms with Crippen molar-refractivity contribution in [1.82, 2.24) is 14.7 Å². The van der Waals surface area contributed by atoms with E-state index in [4.69, 9.17) is 5.26 Å². The summed E-state index contributed by atoms with van der Waals surface area (Å²) in [4.78, 5) is 19.6. The van der Waals surface area contributed by atoms with Gasteiger partial charge < -0.3 is 9.80 Å². The van der Waals surface area contributed by atoms with Gasteiger partial charge in [-0.05, 0) is 43.7 Å². The molecule has 5 nitrogen and oxygen atoms in total. The molecular weight excluding hydrogens is 324 g/mol. The molecule has 0 N–H and O–H groups in total. The molecule has 5 heteroatoms. The molecule has 0 saturated carbocycles. The first kappa shape index (κ1) is 18.6. The topological polar surface area (TPSA) is 50.6 Å². The van der Waals surface area contributed by atoms with Gasteiger partial charge in [0.05, 0.1) is 11.6 Å². The van der Waals surface area contributed by atoms with Gasteiger partial charge >= 0.3 is 0 Å². The van der Waals surface area contributed by atoms with E-state index >= 15 is 0 Å². The Morgan fingerprint density at radius 2 is 2.00 bits per heavy atom. The summed E-state index contributed by atoms with van der Waals surface area (Å²) >= 11 is 0. The van der Waals surface area contributed by atoms with Crippen LogP contribution in [0.2, 0.25) is 0 Å². The van der Waals surface area contributed by atoms with Crippen molar-refractivity contribution in [2.75, 3.05) is 46.3 Å². The Kier molecular flexibility index (Phi) is 6.43. The van der Waals surface area contributed by atoms with E-state index in [2.05, 4.69) is 22.9 Å². The molecule has 0 aromatic heterocycles. The molecule has 0 radical (unpaired) electrons. The van der Waals surface area contributed by atoms with Gasteiger partial charge in [0.25, 0.3) is 0 Å². The fourth-order valence-corrected chi connectivity index (χ4v) is 3.79. The SMILES string of the molecule is CN1CCN(C2CCCCN(C(=O)/C=C/c3cccc(C#N)c3)C2)CC1. The number of nitriles is 1. The van der Waals surface area contributed by atoms with Crippen molar-refractivity contribution in [3.05, 3.63) is 41.5 Å². The first-order valence-electron chi connectivity index (χ1n) is 9.55. The van der Waals surface area contributed by atoms with Crippen LogP contribution in [0.25, 0.3) is 6.08 Å². The number of carbonyl (C=O) groups is 1. The van der Waals surface area contributed by atoms with Gasteiger partial charge in [0.1, 0.15) is 0 Å². The Morgan fingerprint density at radius 3 is 2.77 bits per heavy atom. The van der Waals surface area contributed by atoms with Gasteiger partial charge in [-0.1, -0.05) is 18.6 Å². The number of likely N-dealkylation sites (N-methyl/N-ethyl adjacent to an activating group) is 1. The molecule has 138 valence electrons. The fourth-order valence-electron chi connectivity index (χ4n) is 3.79. The van der Waals surface area contributed by atoms with Crippen molar-refractivity contribution in [2.45, 2.75) is 25.3 Å².